The summed E-state index contributed by atoms with van der Waals surface area (Å²) in [5.41, 5.74) is 2.30. The highest BCUT2D eigenvalue weighted by molar-refractivity contribution is 5.93. The van der Waals surface area contributed by atoms with Crippen LogP contribution in [0.1, 0.15) is 28.7 Å². The largest absolute Gasteiger partial charge is 0.461 e. The van der Waals surface area contributed by atoms with Crippen molar-refractivity contribution in [2.75, 3.05) is 0 Å². The van der Waals surface area contributed by atoms with Crippen LogP contribution in [-0.4, -0.2) is 20.7 Å². The Morgan fingerprint density at radius 2 is 2.07 bits per heavy atom. The van der Waals surface area contributed by atoms with Gasteiger partial charge in [0.05, 0.1) is 22.9 Å². The van der Waals surface area contributed by atoms with E-state index in [1.165, 1.54) is 6.26 Å². The Morgan fingerprint density at radius 1 is 1.21 bits per heavy atom. The molecule has 0 saturated carbocycles. The van der Waals surface area contributed by atoms with Gasteiger partial charge in [-0.05, 0) is 44.2 Å². The molecule has 0 saturated heterocycles. The molecule has 0 aliphatic carbocycles. The zero-order valence-corrected chi connectivity index (χ0v) is 15.3. The Kier molecular flexibility index (Phi) is 4.52. The minimum absolute atomic E-state index is 0.0397. The lowest BCUT2D eigenvalue weighted by atomic mass is 10.2. The predicted octanol–water partition coefficient (Wildman–Crippen LogP) is 3.33. The number of ether oxygens (including phenoxy) is 1. The van der Waals surface area contributed by atoms with Crippen LogP contribution in [0.25, 0.3) is 22.6 Å². The summed E-state index contributed by atoms with van der Waals surface area (Å²) < 4.78 is 17.3. The average Bonchev–Trinajstić information content (AvgIpc) is 3.38. The highest BCUT2D eigenvalue weighted by atomic mass is 16.5. The molecular formula is C20H17N3O5. The van der Waals surface area contributed by atoms with Crippen molar-refractivity contribution in [2.45, 2.75) is 27.0 Å². The van der Waals surface area contributed by atoms with Crippen molar-refractivity contribution >= 4 is 17.0 Å². The van der Waals surface area contributed by atoms with Crippen molar-refractivity contribution < 1.29 is 18.5 Å². The van der Waals surface area contributed by atoms with E-state index in [1.807, 2.05) is 6.92 Å². The summed E-state index contributed by atoms with van der Waals surface area (Å²) in [5.74, 6) is 0.486. The van der Waals surface area contributed by atoms with Gasteiger partial charge >= 0.3 is 5.97 Å². The molecule has 142 valence electrons. The minimum atomic E-state index is -0.516. The second kappa shape index (κ2) is 7.15. The van der Waals surface area contributed by atoms with Crippen molar-refractivity contribution in [3.05, 3.63) is 70.0 Å². The van der Waals surface area contributed by atoms with Crippen molar-refractivity contribution in [1.29, 1.82) is 0 Å². The zero-order valence-electron chi connectivity index (χ0n) is 15.3. The molecule has 8 nitrogen and oxygen atoms in total. The van der Waals surface area contributed by atoms with Gasteiger partial charge in [-0.25, -0.2) is 9.78 Å². The highest BCUT2D eigenvalue weighted by Crippen LogP contribution is 2.21. The molecule has 4 aromatic rings. The molecule has 0 aliphatic rings. The van der Waals surface area contributed by atoms with Gasteiger partial charge < -0.3 is 18.2 Å². The molecule has 0 atom stereocenters. The number of benzene rings is 1. The molecule has 0 aliphatic heterocycles. The fraction of sp³-hybridized carbons (Fsp3) is 0.200. The van der Waals surface area contributed by atoms with E-state index in [0.717, 1.165) is 0 Å². The number of nitrogens with zero attached hydrogens (tertiary/aromatic N) is 3. The normalized spacial score (nSPS) is 11.1. The second-order valence-electron chi connectivity index (χ2n) is 6.19. The fourth-order valence-corrected chi connectivity index (χ4v) is 2.95. The quantitative estimate of drug-likeness (QED) is 0.490. The van der Waals surface area contributed by atoms with Gasteiger partial charge in [-0.2, -0.15) is 0 Å². The Balaban J connectivity index is 1.53. The van der Waals surface area contributed by atoms with Crippen LogP contribution < -0.4 is 5.56 Å². The molecule has 0 radical (unpaired) electrons. The highest BCUT2D eigenvalue weighted by Gasteiger charge is 2.14. The van der Waals surface area contributed by atoms with Gasteiger partial charge in [-0.3, -0.25) is 4.79 Å². The van der Waals surface area contributed by atoms with Crippen molar-refractivity contribution in [3.8, 4) is 11.5 Å². The molecule has 4 rings (SSSR count). The van der Waals surface area contributed by atoms with E-state index in [4.69, 9.17) is 13.7 Å². The molecule has 0 fully saturated rings. The van der Waals surface area contributed by atoms with Crippen molar-refractivity contribution in [1.82, 2.24) is 14.7 Å². The number of hydrogen-bond donors (Lipinski definition) is 0. The molecule has 3 heterocycles. The Morgan fingerprint density at radius 3 is 2.82 bits per heavy atom. The number of esters is 1. The van der Waals surface area contributed by atoms with Gasteiger partial charge in [-0.15, -0.1) is 0 Å². The molecular weight excluding hydrogens is 362 g/mol. The summed E-state index contributed by atoms with van der Waals surface area (Å²) >= 11 is 0. The first-order valence-electron chi connectivity index (χ1n) is 8.74. The third kappa shape index (κ3) is 3.20. The third-order valence-electron chi connectivity index (χ3n) is 4.34. The number of carbonyl (C=O) groups is 1. The van der Waals surface area contributed by atoms with E-state index < -0.39 is 5.97 Å². The predicted molar refractivity (Wildman–Crippen MR) is 99.7 cm³/mol. The van der Waals surface area contributed by atoms with Gasteiger partial charge in [0.2, 0.25) is 5.76 Å². The molecule has 0 unspecified atom stereocenters. The SMILES string of the molecule is CCn1c(=O)c(C)nc2cc(C(=O)OCc3cc(-c4ccco4)on3)ccc21. The van der Waals surface area contributed by atoms with E-state index in [2.05, 4.69) is 10.1 Å². The summed E-state index contributed by atoms with van der Waals surface area (Å²) in [7, 11) is 0. The maximum absolute atomic E-state index is 12.4. The van der Waals surface area contributed by atoms with Gasteiger partial charge in [0.25, 0.3) is 5.56 Å². The van der Waals surface area contributed by atoms with E-state index >= 15 is 0 Å². The Hall–Kier alpha value is -3.68. The minimum Gasteiger partial charge on any atom is -0.461 e. The van der Waals surface area contributed by atoms with Gasteiger partial charge in [0.15, 0.2) is 5.76 Å². The van der Waals surface area contributed by atoms with Crippen LogP contribution in [0.5, 0.6) is 0 Å². The van der Waals surface area contributed by atoms with E-state index in [1.54, 1.807) is 47.9 Å². The van der Waals surface area contributed by atoms with E-state index in [0.29, 0.717) is 46.0 Å². The van der Waals surface area contributed by atoms with Gasteiger partial charge in [-0.1, -0.05) is 5.16 Å². The molecule has 0 bridgehead atoms. The number of rotatable bonds is 5. The monoisotopic (exact) mass is 379 g/mol. The van der Waals surface area contributed by atoms with Crippen LogP contribution in [0.2, 0.25) is 0 Å². The summed E-state index contributed by atoms with van der Waals surface area (Å²) in [6.45, 7) is 4.02. The van der Waals surface area contributed by atoms with Gasteiger partial charge in [0, 0.05) is 12.6 Å². The van der Waals surface area contributed by atoms with Crippen LogP contribution in [-0.2, 0) is 17.9 Å². The molecule has 0 amide bonds. The van der Waals surface area contributed by atoms with Crippen LogP contribution in [0, 0.1) is 6.92 Å². The smallest absolute Gasteiger partial charge is 0.338 e. The lowest BCUT2D eigenvalue weighted by molar-refractivity contribution is 0.0464. The Bertz CT molecular complexity index is 1200. The first-order chi connectivity index (χ1) is 13.6. The molecule has 0 spiro atoms. The molecule has 1 aromatic carbocycles. The molecule has 28 heavy (non-hydrogen) atoms. The second-order valence-corrected chi connectivity index (χ2v) is 6.19. The lowest BCUT2D eigenvalue weighted by Crippen LogP contribution is -2.23. The first kappa shape index (κ1) is 17.7. The summed E-state index contributed by atoms with van der Waals surface area (Å²) in [5, 5.41) is 3.87. The maximum atomic E-state index is 12.4. The third-order valence-corrected chi connectivity index (χ3v) is 4.34. The van der Waals surface area contributed by atoms with Crippen LogP contribution in [0.15, 0.2) is 56.4 Å². The summed E-state index contributed by atoms with van der Waals surface area (Å²) in [6, 6.07) is 10.1. The fourth-order valence-electron chi connectivity index (χ4n) is 2.95. The number of hydrogen-bond acceptors (Lipinski definition) is 7. The maximum Gasteiger partial charge on any atom is 0.338 e. The van der Waals surface area contributed by atoms with E-state index in [9.17, 15) is 9.59 Å². The summed E-state index contributed by atoms with van der Waals surface area (Å²) in [6.07, 6.45) is 1.53. The van der Waals surface area contributed by atoms with Crippen LogP contribution in [0.4, 0.5) is 0 Å². The van der Waals surface area contributed by atoms with Crippen molar-refractivity contribution in [2.24, 2.45) is 0 Å². The standard InChI is InChI=1S/C20H17N3O5/c1-3-23-16-7-6-13(9-15(16)21-12(2)19(23)24)20(25)27-11-14-10-18(28-22-14)17-5-4-8-26-17/h4-10H,3,11H2,1-2H3. The number of carbonyl (C=O) groups excluding carboxylic acids is 1. The van der Waals surface area contributed by atoms with Crippen molar-refractivity contribution in [3.63, 3.8) is 0 Å². The summed E-state index contributed by atoms with van der Waals surface area (Å²) in [4.78, 5) is 28.9. The lowest BCUT2D eigenvalue weighted by Gasteiger charge is -2.10. The number of furan rings is 1. The average molecular weight is 379 g/mol. The topological polar surface area (TPSA) is 100 Å². The number of fused-ring (bicyclic) bond motifs is 1. The van der Waals surface area contributed by atoms with Crippen LogP contribution in [0.3, 0.4) is 0 Å². The first-order valence-corrected chi connectivity index (χ1v) is 8.74. The Labute approximate surface area is 159 Å². The number of aromatic nitrogens is 3. The molecule has 0 N–H and O–H groups in total. The number of aryl methyl sites for hydroxylation is 2. The molecule has 3 aromatic heterocycles. The van der Waals surface area contributed by atoms with Gasteiger partial charge in [0.1, 0.15) is 18.0 Å². The molecule has 8 heteroatoms. The van der Waals surface area contributed by atoms with Crippen LogP contribution >= 0.6 is 0 Å². The zero-order chi connectivity index (χ0) is 19.7. The van der Waals surface area contributed by atoms with E-state index in [-0.39, 0.29) is 12.2 Å².